The lowest BCUT2D eigenvalue weighted by atomic mass is 10.1. The van der Waals surface area contributed by atoms with E-state index in [1.807, 2.05) is 0 Å². The quantitative estimate of drug-likeness (QED) is 0.646. The highest BCUT2D eigenvalue weighted by atomic mass is 19.1. The molecular weight excluding hydrogens is 359 g/mol. The number of rotatable bonds is 6. The van der Waals surface area contributed by atoms with Gasteiger partial charge in [0.15, 0.2) is 0 Å². The van der Waals surface area contributed by atoms with Crippen LogP contribution in [0.2, 0.25) is 0 Å². The normalized spacial score (nSPS) is 10.9. The van der Waals surface area contributed by atoms with Crippen molar-refractivity contribution in [3.8, 4) is 11.3 Å². The van der Waals surface area contributed by atoms with E-state index in [0.717, 1.165) is 22.4 Å². The van der Waals surface area contributed by atoms with Crippen LogP contribution >= 0.6 is 0 Å². The first kappa shape index (κ1) is 19.0. The molecule has 1 aromatic heterocycles. The lowest BCUT2D eigenvalue weighted by Crippen LogP contribution is -2.13. The molecule has 7 heteroatoms. The van der Waals surface area contributed by atoms with Gasteiger partial charge in [0, 0.05) is 29.9 Å². The van der Waals surface area contributed by atoms with Gasteiger partial charge >= 0.3 is 0 Å². The van der Waals surface area contributed by atoms with E-state index >= 15 is 0 Å². The highest BCUT2D eigenvalue weighted by molar-refractivity contribution is 6.02. The summed E-state index contributed by atoms with van der Waals surface area (Å²) in [6.45, 7) is 0. The standard InChI is InChI=1S/C21H19FN4O2/c1-26-21(15-4-7-17(22)8-5-15)16(13-24-26)6-11-20(28)25-18-9-2-14(3-10-18)12-19(23)27/h2-11,13H,12H2,1H3,(H2,23,27)(H,25,28). The van der Waals surface area contributed by atoms with Gasteiger partial charge in [0.25, 0.3) is 0 Å². The number of benzene rings is 2. The summed E-state index contributed by atoms with van der Waals surface area (Å²) in [4.78, 5) is 23.1. The first-order valence-electron chi connectivity index (χ1n) is 8.56. The van der Waals surface area contributed by atoms with Gasteiger partial charge in [-0.3, -0.25) is 14.3 Å². The van der Waals surface area contributed by atoms with E-state index in [0.29, 0.717) is 5.69 Å². The van der Waals surface area contributed by atoms with Crippen molar-refractivity contribution in [2.45, 2.75) is 6.42 Å². The maximum Gasteiger partial charge on any atom is 0.248 e. The van der Waals surface area contributed by atoms with E-state index in [1.54, 1.807) is 60.4 Å². The Kier molecular flexibility index (Phi) is 5.64. The zero-order valence-electron chi connectivity index (χ0n) is 15.2. The van der Waals surface area contributed by atoms with E-state index in [1.165, 1.54) is 18.2 Å². The van der Waals surface area contributed by atoms with Gasteiger partial charge in [-0.15, -0.1) is 0 Å². The molecule has 0 radical (unpaired) electrons. The minimum absolute atomic E-state index is 0.154. The minimum Gasteiger partial charge on any atom is -0.369 e. The molecule has 2 amide bonds. The molecule has 0 aliphatic rings. The third kappa shape index (κ3) is 4.70. The molecule has 0 bridgehead atoms. The molecule has 3 rings (SSSR count). The second-order valence-corrected chi connectivity index (χ2v) is 6.24. The van der Waals surface area contributed by atoms with Crippen molar-refractivity contribution in [3.63, 3.8) is 0 Å². The third-order valence-electron chi connectivity index (χ3n) is 4.10. The average Bonchev–Trinajstić information content (AvgIpc) is 3.02. The number of carbonyl (C=O) groups excluding carboxylic acids is 2. The van der Waals surface area contributed by atoms with Crippen molar-refractivity contribution in [1.29, 1.82) is 0 Å². The number of aryl methyl sites for hydroxylation is 1. The SMILES string of the molecule is Cn1ncc(C=CC(=O)Nc2ccc(CC(N)=O)cc2)c1-c1ccc(F)cc1. The van der Waals surface area contributed by atoms with E-state index in [2.05, 4.69) is 10.4 Å². The van der Waals surface area contributed by atoms with Crippen LogP contribution in [0.5, 0.6) is 0 Å². The summed E-state index contributed by atoms with van der Waals surface area (Å²) in [6.07, 6.45) is 4.85. The summed E-state index contributed by atoms with van der Waals surface area (Å²) in [5, 5.41) is 6.96. The van der Waals surface area contributed by atoms with E-state index in [9.17, 15) is 14.0 Å². The molecule has 0 saturated carbocycles. The second kappa shape index (κ2) is 8.30. The molecular formula is C21H19FN4O2. The van der Waals surface area contributed by atoms with Crippen LogP contribution in [0.15, 0.2) is 60.8 Å². The van der Waals surface area contributed by atoms with Gasteiger partial charge in [-0.05, 0) is 48.0 Å². The molecule has 0 saturated heterocycles. The Morgan fingerprint density at radius 2 is 1.82 bits per heavy atom. The van der Waals surface area contributed by atoms with Crippen LogP contribution in [0.25, 0.3) is 17.3 Å². The second-order valence-electron chi connectivity index (χ2n) is 6.24. The third-order valence-corrected chi connectivity index (χ3v) is 4.10. The number of nitrogens with one attached hydrogen (secondary N) is 1. The molecule has 0 aliphatic carbocycles. The molecule has 0 spiro atoms. The van der Waals surface area contributed by atoms with Crippen LogP contribution in [-0.2, 0) is 23.1 Å². The van der Waals surface area contributed by atoms with Crippen molar-refractivity contribution in [2.24, 2.45) is 12.8 Å². The van der Waals surface area contributed by atoms with Gasteiger partial charge in [-0.25, -0.2) is 4.39 Å². The fourth-order valence-corrected chi connectivity index (χ4v) is 2.79. The monoisotopic (exact) mass is 378 g/mol. The first-order chi connectivity index (χ1) is 13.4. The number of carbonyl (C=O) groups is 2. The number of amides is 2. The van der Waals surface area contributed by atoms with Gasteiger partial charge < -0.3 is 11.1 Å². The van der Waals surface area contributed by atoms with Crippen LogP contribution < -0.4 is 11.1 Å². The van der Waals surface area contributed by atoms with Crippen LogP contribution in [0.1, 0.15) is 11.1 Å². The van der Waals surface area contributed by atoms with Gasteiger partial charge in [-0.2, -0.15) is 5.10 Å². The average molecular weight is 378 g/mol. The topological polar surface area (TPSA) is 90.0 Å². The van der Waals surface area contributed by atoms with Crippen LogP contribution in [0.4, 0.5) is 10.1 Å². The Hall–Kier alpha value is -3.74. The summed E-state index contributed by atoms with van der Waals surface area (Å²) in [5.41, 5.74) is 8.85. The predicted octanol–water partition coefficient (Wildman–Crippen LogP) is 2.91. The fourth-order valence-electron chi connectivity index (χ4n) is 2.79. The molecule has 28 heavy (non-hydrogen) atoms. The Labute approximate surface area is 161 Å². The summed E-state index contributed by atoms with van der Waals surface area (Å²) in [6, 6.07) is 13.0. The molecule has 3 aromatic rings. The lowest BCUT2D eigenvalue weighted by Gasteiger charge is -2.05. The largest absolute Gasteiger partial charge is 0.369 e. The summed E-state index contributed by atoms with van der Waals surface area (Å²) in [5.74, 6) is -1.03. The van der Waals surface area contributed by atoms with Crippen LogP contribution in [0, 0.1) is 5.82 Å². The van der Waals surface area contributed by atoms with E-state index in [-0.39, 0.29) is 18.1 Å². The van der Waals surface area contributed by atoms with Crippen LogP contribution in [0.3, 0.4) is 0 Å². The maximum atomic E-state index is 13.2. The first-order valence-corrected chi connectivity index (χ1v) is 8.56. The van der Waals surface area contributed by atoms with E-state index in [4.69, 9.17) is 5.73 Å². The Bertz CT molecular complexity index is 1020. The van der Waals surface area contributed by atoms with Gasteiger partial charge in [0.2, 0.25) is 11.8 Å². The molecule has 0 unspecified atom stereocenters. The summed E-state index contributed by atoms with van der Waals surface area (Å²) in [7, 11) is 1.78. The van der Waals surface area contributed by atoms with Crippen LogP contribution in [-0.4, -0.2) is 21.6 Å². The van der Waals surface area contributed by atoms with Gasteiger partial charge in [-0.1, -0.05) is 12.1 Å². The summed E-state index contributed by atoms with van der Waals surface area (Å²) < 4.78 is 14.8. The maximum absolute atomic E-state index is 13.2. The number of nitrogens with zero attached hydrogens (tertiary/aromatic N) is 2. The number of anilines is 1. The van der Waals surface area contributed by atoms with Gasteiger partial charge in [0.1, 0.15) is 5.82 Å². The Morgan fingerprint density at radius 3 is 2.46 bits per heavy atom. The molecule has 0 fully saturated rings. The fraction of sp³-hybridized carbons (Fsp3) is 0.0952. The molecule has 0 aliphatic heterocycles. The number of halogens is 1. The molecule has 2 aromatic carbocycles. The number of nitrogens with two attached hydrogens (primary N) is 1. The molecule has 142 valence electrons. The van der Waals surface area contributed by atoms with Crippen molar-refractivity contribution in [2.75, 3.05) is 5.32 Å². The molecule has 3 N–H and O–H groups in total. The predicted molar refractivity (Wildman–Crippen MR) is 106 cm³/mol. The molecule has 6 nitrogen and oxygen atoms in total. The van der Waals surface area contributed by atoms with Gasteiger partial charge in [0.05, 0.1) is 18.3 Å². The lowest BCUT2D eigenvalue weighted by molar-refractivity contribution is -0.117. The Morgan fingerprint density at radius 1 is 1.14 bits per heavy atom. The zero-order chi connectivity index (χ0) is 20.1. The molecule has 0 atom stereocenters. The van der Waals surface area contributed by atoms with E-state index < -0.39 is 5.91 Å². The minimum atomic E-state index is -0.409. The van der Waals surface area contributed by atoms with Crippen molar-refractivity contribution in [1.82, 2.24) is 9.78 Å². The number of hydrogen-bond donors (Lipinski definition) is 2. The van der Waals surface area contributed by atoms with Crippen molar-refractivity contribution >= 4 is 23.6 Å². The smallest absolute Gasteiger partial charge is 0.248 e. The van der Waals surface area contributed by atoms with Crippen molar-refractivity contribution < 1.29 is 14.0 Å². The zero-order valence-corrected chi connectivity index (χ0v) is 15.2. The highest BCUT2D eigenvalue weighted by Gasteiger charge is 2.09. The summed E-state index contributed by atoms with van der Waals surface area (Å²) >= 11 is 0. The Balaban J connectivity index is 1.71. The number of aromatic nitrogens is 2. The number of primary amides is 1. The molecule has 1 heterocycles. The van der Waals surface area contributed by atoms with Crippen molar-refractivity contribution in [3.05, 3.63) is 77.7 Å². The number of hydrogen-bond acceptors (Lipinski definition) is 3. The highest BCUT2D eigenvalue weighted by Crippen LogP contribution is 2.24.